The quantitative estimate of drug-likeness (QED) is 0.632. The lowest BCUT2D eigenvalue weighted by molar-refractivity contribution is 0.0601. The number of hydrogen-bond donors (Lipinski definition) is 0. The molecule has 0 aliphatic heterocycles. The number of aryl methyl sites for hydroxylation is 1. The number of aromatic nitrogens is 2. The Morgan fingerprint density at radius 2 is 2.43 bits per heavy atom. The zero-order valence-electron chi connectivity index (χ0n) is 7.94. The van der Waals surface area contributed by atoms with Crippen LogP contribution in [0.4, 0.5) is 0 Å². The van der Waals surface area contributed by atoms with E-state index in [9.17, 15) is 4.79 Å². The molecule has 0 fully saturated rings. The van der Waals surface area contributed by atoms with Gasteiger partial charge in [-0.2, -0.15) is 5.10 Å². The summed E-state index contributed by atoms with van der Waals surface area (Å²) >= 11 is 0. The van der Waals surface area contributed by atoms with Gasteiger partial charge in [-0.15, -0.1) is 0 Å². The average molecular weight is 189 g/mol. The van der Waals surface area contributed by atoms with Crippen molar-refractivity contribution < 1.29 is 9.53 Å². The molecule has 4 nitrogen and oxygen atoms in total. The van der Waals surface area contributed by atoms with Crippen LogP contribution < -0.4 is 0 Å². The first-order valence-corrected chi connectivity index (χ1v) is 4.14. The van der Waals surface area contributed by atoms with E-state index >= 15 is 0 Å². The number of nitrogens with zero attached hydrogens (tertiary/aromatic N) is 2. The summed E-state index contributed by atoms with van der Waals surface area (Å²) in [6.45, 7) is 0. The highest BCUT2D eigenvalue weighted by molar-refractivity contribution is 5.93. The Hall–Kier alpha value is -1.84. The number of benzene rings is 1. The van der Waals surface area contributed by atoms with Crippen molar-refractivity contribution >= 4 is 16.9 Å². The van der Waals surface area contributed by atoms with Crippen LogP contribution >= 0.6 is 0 Å². The zero-order valence-corrected chi connectivity index (χ0v) is 7.94. The minimum atomic E-state index is -0.357. The van der Waals surface area contributed by atoms with Gasteiger partial charge in [0.25, 0.3) is 0 Å². The third kappa shape index (κ3) is 1.25. The van der Waals surface area contributed by atoms with Gasteiger partial charge in [0.05, 0.1) is 24.4 Å². The molecule has 71 valence electrons. The third-order valence-corrected chi connectivity index (χ3v) is 2.08. The molecule has 4 heteroatoms. The van der Waals surface area contributed by atoms with E-state index in [0.717, 1.165) is 10.9 Å². The SMILES string of the molecule is COC(=O)c1c[c]c2cnn(C)c2c1. The minimum Gasteiger partial charge on any atom is -0.465 e. The van der Waals surface area contributed by atoms with Gasteiger partial charge in [0.1, 0.15) is 0 Å². The van der Waals surface area contributed by atoms with E-state index in [2.05, 4.69) is 15.9 Å². The molecule has 0 atom stereocenters. The molecule has 0 amide bonds. The Balaban J connectivity index is 2.60. The summed E-state index contributed by atoms with van der Waals surface area (Å²) in [4.78, 5) is 11.2. The van der Waals surface area contributed by atoms with Gasteiger partial charge in [0, 0.05) is 12.4 Å². The molecule has 0 aliphatic rings. The molecule has 2 aromatic rings. The smallest absolute Gasteiger partial charge is 0.337 e. The van der Waals surface area contributed by atoms with Crippen LogP contribution in [0.2, 0.25) is 0 Å². The van der Waals surface area contributed by atoms with E-state index < -0.39 is 0 Å². The van der Waals surface area contributed by atoms with E-state index in [4.69, 9.17) is 0 Å². The Kier molecular flexibility index (Phi) is 1.96. The van der Waals surface area contributed by atoms with Crippen molar-refractivity contribution in [3.63, 3.8) is 0 Å². The van der Waals surface area contributed by atoms with Crippen LogP contribution in [0.3, 0.4) is 0 Å². The van der Waals surface area contributed by atoms with E-state index in [1.165, 1.54) is 7.11 Å². The molecular weight excluding hydrogens is 180 g/mol. The number of rotatable bonds is 1. The number of fused-ring (bicyclic) bond motifs is 1. The summed E-state index contributed by atoms with van der Waals surface area (Å²) in [5, 5.41) is 4.94. The summed E-state index contributed by atoms with van der Waals surface area (Å²) in [6, 6.07) is 6.32. The van der Waals surface area contributed by atoms with Crippen molar-refractivity contribution in [1.82, 2.24) is 9.78 Å². The predicted molar refractivity (Wildman–Crippen MR) is 50.9 cm³/mol. The highest BCUT2D eigenvalue weighted by Crippen LogP contribution is 2.14. The number of hydrogen-bond acceptors (Lipinski definition) is 3. The van der Waals surface area contributed by atoms with Gasteiger partial charge >= 0.3 is 5.97 Å². The first-order valence-electron chi connectivity index (χ1n) is 4.14. The maximum absolute atomic E-state index is 11.2. The van der Waals surface area contributed by atoms with Gasteiger partial charge in [-0.25, -0.2) is 4.79 Å². The molecule has 2 rings (SSSR count). The normalized spacial score (nSPS) is 10.4. The summed E-state index contributed by atoms with van der Waals surface area (Å²) in [5.74, 6) is -0.357. The molecule has 0 N–H and O–H groups in total. The lowest BCUT2D eigenvalue weighted by Gasteiger charge is -1.99. The summed E-state index contributed by atoms with van der Waals surface area (Å²) in [7, 11) is 3.17. The van der Waals surface area contributed by atoms with Crippen molar-refractivity contribution in [3.05, 3.63) is 30.0 Å². The second-order valence-electron chi connectivity index (χ2n) is 2.95. The molecular formula is C10H9N2O2. The molecule has 0 saturated heterocycles. The summed E-state index contributed by atoms with van der Waals surface area (Å²) in [6.07, 6.45) is 1.70. The topological polar surface area (TPSA) is 44.1 Å². The fourth-order valence-corrected chi connectivity index (χ4v) is 1.31. The monoisotopic (exact) mass is 189 g/mol. The van der Waals surface area contributed by atoms with E-state index in [0.29, 0.717) is 5.56 Å². The van der Waals surface area contributed by atoms with Crippen LogP contribution in [0.5, 0.6) is 0 Å². The van der Waals surface area contributed by atoms with Crippen molar-refractivity contribution in [1.29, 1.82) is 0 Å². The van der Waals surface area contributed by atoms with Crippen LogP contribution in [0.1, 0.15) is 10.4 Å². The van der Waals surface area contributed by atoms with Gasteiger partial charge in [0.15, 0.2) is 0 Å². The Morgan fingerprint density at radius 3 is 3.14 bits per heavy atom. The Morgan fingerprint density at radius 1 is 1.64 bits per heavy atom. The fraction of sp³-hybridized carbons (Fsp3) is 0.200. The van der Waals surface area contributed by atoms with Crippen LogP contribution in [0.15, 0.2) is 18.3 Å². The first-order chi connectivity index (χ1) is 6.72. The first kappa shape index (κ1) is 8.74. The standard InChI is InChI=1S/C10H9N2O2/c1-12-9-5-7(10(13)14-2)3-4-8(9)6-11-12/h3,5-6H,1-2H3. The van der Waals surface area contributed by atoms with Crippen LogP contribution in [-0.2, 0) is 11.8 Å². The van der Waals surface area contributed by atoms with Crippen molar-refractivity contribution in [2.24, 2.45) is 7.05 Å². The van der Waals surface area contributed by atoms with Crippen molar-refractivity contribution in [3.8, 4) is 0 Å². The van der Waals surface area contributed by atoms with Gasteiger partial charge in [-0.3, -0.25) is 4.68 Å². The van der Waals surface area contributed by atoms with Gasteiger partial charge in [-0.05, 0) is 18.2 Å². The lowest BCUT2D eigenvalue weighted by atomic mass is 10.2. The molecule has 1 heterocycles. The number of ether oxygens (including phenoxy) is 1. The van der Waals surface area contributed by atoms with Crippen molar-refractivity contribution in [2.75, 3.05) is 7.11 Å². The highest BCUT2D eigenvalue weighted by Gasteiger charge is 2.07. The maximum Gasteiger partial charge on any atom is 0.337 e. The molecule has 0 aliphatic carbocycles. The molecule has 1 radical (unpaired) electrons. The molecule has 0 saturated carbocycles. The van der Waals surface area contributed by atoms with E-state index in [-0.39, 0.29) is 5.97 Å². The minimum absolute atomic E-state index is 0.357. The molecule has 14 heavy (non-hydrogen) atoms. The number of methoxy groups -OCH3 is 1. The Labute approximate surface area is 81.1 Å². The molecule has 1 aromatic heterocycles. The second kappa shape index (κ2) is 3.14. The Bertz CT molecular complexity index is 488. The lowest BCUT2D eigenvalue weighted by Crippen LogP contribution is -2.01. The van der Waals surface area contributed by atoms with E-state index in [1.54, 1.807) is 23.0 Å². The van der Waals surface area contributed by atoms with E-state index in [1.807, 2.05) is 7.05 Å². The van der Waals surface area contributed by atoms with Crippen LogP contribution in [0, 0.1) is 6.07 Å². The molecule has 0 unspecified atom stereocenters. The summed E-state index contributed by atoms with van der Waals surface area (Å²) in [5.41, 5.74) is 1.36. The number of carbonyl (C=O) groups is 1. The second-order valence-corrected chi connectivity index (χ2v) is 2.95. The average Bonchev–Trinajstić information content (AvgIpc) is 2.59. The van der Waals surface area contributed by atoms with Crippen molar-refractivity contribution in [2.45, 2.75) is 0 Å². The molecule has 1 aromatic carbocycles. The summed E-state index contributed by atoms with van der Waals surface area (Å²) < 4.78 is 6.31. The zero-order chi connectivity index (χ0) is 10.1. The van der Waals surface area contributed by atoms with Gasteiger partial charge in [-0.1, -0.05) is 0 Å². The van der Waals surface area contributed by atoms with Gasteiger partial charge in [0.2, 0.25) is 0 Å². The largest absolute Gasteiger partial charge is 0.465 e. The van der Waals surface area contributed by atoms with Gasteiger partial charge < -0.3 is 4.74 Å². The number of esters is 1. The predicted octanol–water partition coefficient (Wildman–Crippen LogP) is 1.16. The number of carbonyl (C=O) groups excluding carboxylic acids is 1. The highest BCUT2D eigenvalue weighted by atomic mass is 16.5. The van der Waals surface area contributed by atoms with Crippen LogP contribution in [-0.4, -0.2) is 22.9 Å². The molecule has 0 spiro atoms. The third-order valence-electron chi connectivity index (χ3n) is 2.08. The maximum atomic E-state index is 11.2. The van der Waals surface area contributed by atoms with Crippen LogP contribution in [0.25, 0.3) is 10.9 Å². The molecule has 0 bridgehead atoms. The fourth-order valence-electron chi connectivity index (χ4n) is 1.31.